The molecule has 0 aliphatic carbocycles. The highest BCUT2D eigenvalue weighted by atomic mass is 16.2. The van der Waals surface area contributed by atoms with E-state index in [1.807, 2.05) is 13.0 Å². The van der Waals surface area contributed by atoms with E-state index in [-0.39, 0.29) is 11.5 Å². The van der Waals surface area contributed by atoms with Gasteiger partial charge in [0, 0.05) is 23.5 Å². The number of aromatic nitrogens is 3. The Balaban J connectivity index is 1.88. The van der Waals surface area contributed by atoms with Gasteiger partial charge in [0.15, 0.2) is 0 Å². The predicted molar refractivity (Wildman–Crippen MR) is 75.8 cm³/mol. The molecule has 20 heavy (non-hydrogen) atoms. The molecule has 6 nitrogen and oxygen atoms in total. The maximum Gasteiger partial charge on any atom is 0.255 e. The fourth-order valence-corrected chi connectivity index (χ4v) is 2.00. The minimum absolute atomic E-state index is 0.308. The summed E-state index contributed by atoms with van der Waals surface area (Å²) in [6, 6.07) is 8.21. The number of carbonyl (C=O) groups excluding carboxylic acids is 1. The highest BCUT2D eigenvalue weighted by Gasteiger charge is 2.07. The number of hydrogen-bond acceptors (Lipinski definition) is 3. The first-order chi connectivity index (χ1) is 9.61. The molecule has 0 atom stereocenters. The highest BCUT2D eigenvalue weighted by Crippen LogP contribution is 2.17. The molecule has 0 radical (unpaired) electrons. The number of aryl methyl sites for hydroxylation is 1. The number of H-pyrrole nitrogens is 2. The van der Waals surface area contributed by atoms with Gasteiger partial charge in [-0.15, -0.1) is 0 Å². The summed E-state index contributed by atoms with van der Waals surface area (Å²) in [5.41, 5.74) is 2.35. The average molecular weight is 268 g/mol. The van der Waals surface area contributed by atoms with Gasteiger partial charge in [-0.1, -0.05) is 0 Å². The maximum absolute atomic E-state index is 12.0. The Bertz CT molecular complexity index is 848. The van der Waals surface area contributed by atoms with Crippen LogP contribution in [0, 0.1) is 6.92 Å². The molecule has 0 saturated heterocycles. The normalized spacial score (nSPS) is 10.7. The summed E-state index contributed by atoms with van der Waals surface area (Å²) >= 11 is 0. The Hall–Kier alpha value is -2.89. The van der Waals surface area contributed by atoms with Gasteiger partial charge in [0.25, 0.3) is 5.91 Å². The minimum Gasteiger partial charge on any atom is -0.342 e. The van der Waals surface area contributed by atoms with E-state index >= 15 is 0 Å². The van der Waals surface area contributed by atoms with E-state index in [2.05, 4.69) is 20.3 Å². The van der Waals surface area contributed by atoms with E-state index in [1.54, 1.807) is 18.2 Å². The van der Waals surface area contributed by atoms with Crippen molar-refractivity contribution < 1.29 is 4.79 Å². The lowest BCUT2D eigenvalue weighted by atomic mass is 10.2. The zero-order valence-electron chi connectivity index (χ0n) is 10.7. The molecule has 3 aromatic rings. The fourth-order valence-electron chi connectivity index (χ4n) is 2.00. The van der Waals surface area contributed by atoms with Gasteiger partial charge in [0.1, 0.15) is 5.82 Å². The largest absolute Gasteiger partial charge is 0.342 e. The third-order valence-corrected chi connectivity index (χ3v) is 2.90. The molecular weight excluding hydrogens is 256 g/mol. The number of anilines is 1. The molecule has 2 aromatic heterocycles. The lowest BCUT2D eigenvalue weighted by Gasteiger charge is -2.04. The van der Waals surface area contributed by atoms with Crippen LogP contribution in [0.15, 0.2) is 41.3 Å². The number of nitrogens with zero attached hydrogens (tertiary/aromatic N) is 1. The third kappa shape index (κ3) is 2.31. The summed E-state index contributed by atoms with van der Waals surface area (Å²) in [6.07, 6.45) is 1.44. The van der Waals surface area contributed by atoms with Crippen molar-refractivity contribution >= 4 is 22.6 Å². The van der Waals surface area contributed by atoms with E-state index in [0.717, 1.165) is 16.9 Å². The number of hydrogen-bond donors (Lipinski definition) is 3. The molecule has 0 spiro atoms. The Kier molecular flexibility index (Phi) is 2.83. The number of amides is 1. The van der Waals surface area contributed by atoms with Crippen LogP contribution in [-0.4, -0.2) is 20.9 Å². The van der Waals surface area contributed by atoms with E-state index < -0.39 is 0 Å². The molecule has 0 aliphatic heterocycles. The first-order valence-corrected chi connectivity index (χ1v) is 6.08. The fraction of sp³-hybridized carbons (Fsp3) is 0.0714. The number of nitrogens with one attached hydrogen (secondary N) is 3. The monoisotopic (exact) mass is 268 g/mol. The zero-order chi connectivity index (χ0) is 14.1. The molecule has 2 heterocycles. The Morgan fingerprint density at radius 2 is 2.10 bits per heavy atom. The van der Waals surface area contributed by atoms with E-state index in [9.17, 15) is 9.59 Å². The number of imidazole rings is 1. The number of aromatic amines is 2. The van der Waals surface area contributed by atoms with Gasteiger partial charge in [0.2, 0.25) is 5.56 Å². The minimum atomic E-state index is -0.327. The number of rotatable bonds is 2. The van der Waals surface area contributed by atoms with Crippen molar-refractivity contribution in [2.75, 3.05) is 5.32 Å². The van der Waals surface area contributed by atoms with E-state index in [1.165, 1.54) is 12.3 Å². The molecule has 0 aliphatic rings. The third-order valence-electron chi connectivity index (χ3n) is 2.90. The van der Waals surface area contributed by atoms with E-state index in [0.29, 0.717) is 11.3 Å². The number of benzene rings is 1. The van der Waals surface area contributed by atoms with Crippen LogP contribution < -0.4 is 10.9 Å². The lowest BCUT2D eigenvalue weighted by molar-refractivity contribution is 0.102. The van der Waals surface area contributed by atoms with Crippen LogP contribution in [0.2, 0.25) is 0 Å². The first kappa shape index (κ1) is 12.2. The molecule has 3 rings (SSSR count). The number of fused-ring (bicyclic) bond motifs is 1. The molecule has 1 aromatic carbocycles. The molecule has 3 N–H and O–H groups in total. The number of pyridine rings is 1. The summed E-state index contributed by atoms with van der Waals surface area (Å²) in [5, 5.41) is 2.75. The van der Waals surface area contributed by atoms with Crippen LogP contribution in [0.3, 0.4) is 0 Å². The van der Waals surface area contributed by atoms with Crippen molar-refractivity contribution in [1.29, 1.82) is 0 Å². The Labute approximate surface area is 113 Å². The van der Waals surface area contributed by atoms with Crippen LogP contribution in [0.4, 0.5) is 5.69 Å². The van der Waals surface area contributed by atoms with Gasteiger partial charge < -0.3 is 15.3 Å². The lowest BCUT2D eigenvalue weighted by Crippen LogP contribution is -2.15. The molecule has 0 bridgehead atoms. The van der Waals surface area contributed by atoms with Crippen LogP contribution in [-0.2, 0) is 0 Å². The van der Waals surface area contributed by atoms with Crippen molar-refractivity contribution in [3.8, 4) is 0 Å². The van der Waals surface area contributed by atoms with Crippen molar-refractivity contribution in [1.82, 2.24) is 15.0 Å². The van der Waals surface area contributed by atoms with Crippen LogP contribution in [0.25, 0.3) is 11.0 Å². The maximum atomic E-state index is 12.0. The topological polar surface area (TPSA) is 90.6 Å². The van der Waals surface area contributed by atoms with Gasteiger partial charge in [-0.05, 0) is 31.2 Å². The summed E-state index contributed by atoms with van der Waals surface area (Å²) in [7, 11) is 0. The Morgan fingerprint density at radius 3 is 2.90 bits per heavy atom. The predicted octanol–water partition coefficient (Wildman–Crippen LogP) is 1.81. The summed E-state index contributed by atoms with van der Waals surface area (Å²) < 4.78 is 0. The van der Waals surface area contributed by atoms with Gasteiger partial charge in [-0.25, -0.2) is 4.98 Å². The summed E-state index contributed by atoms with van der Waals surface area (Å²) in [6.45, 7) is 1.87. The second kappa shape index (κ2) is 4.65. The average Bonchev–Trinajstić information content (AvgIpc) is 2.78. The van der Waals surface area contributed by atoms with E-state index in [4.69, 9.17) is 0 Å². The van der Waals surface area contributed by atoms with Crippen molar-refractivity contribution in [2.45, 2.75) is 6.92 Å². The molecule has 0 saturated carbocycles. The summed E-state index contributed by atoms with van der Waals surface area (Å²) in [4.78, 5) is 33.1. The standard InChI is InChI=1S/C14H12N4O2/c1-8-16-11-3-2-10(7-12(11)17-8)18-14(20)9-4-5-15-13(19)6-9/h2-7H,1H3,(H,15,19)(H,16,17)(H,18,20). The molecule has 0 unspecified atom stereocenters. The van der Waals surface area contributed by atoms with Crippen molar-refractivity contribution in [3.05, 3.63) is 58.3 Å². The van der Waals surface area contributed by atoms with Crippen LogP contribution >= 0.6 is 0 Å². The molecule has 100 valence electrons. The molecule has 6 heteroatoms. The van der Waals surface area contributed by atoms with Crippen LogP contribution in [0.5, 0.6) is 0 Å². The molecule has 1 amide bonds. The molecule has 0 fully saturated rings. The van der Waals surface area contributed by atoms with Crippen LogP contribution in [0.1, 0.15) is 16.2 Å². The van der Waals surface area contributed by atoms with Gasteiger partial charge in [-0.3, -0.25) is 9.59 Å². The number of carbonyl (C=O) groups is 1. The Morgan fingerprint density at radius 1 is 1.25 bits per heavy atom. The second-order valence-corrected chi connectivity index (χ2v) is 4.45. The smallest absolute Gasteiger partial charge is 0.255 e. The van der Waals surface area contributed by atoms with Crippen molar-refractivity contribution in [2.24, 2.45) is 0 Å². The van der Waals surface area contributed by atoms with Gasteiger partial charge in [0.05, 0.1) is 11.0 Å². The quantitative estimate of drug-likeness (QED) is 0.662. The highest BCUT2D eigenvalue weighted by molar-refractivity contribution is 6.04. The SMILES string of the molecule is Cc1nc2ccc(NC(=O)c3cc[nH]c(=O)c3)cc2[nH]1. The molecular formula is C14H12N4O2. The van der Waals surface area contributed by atoms with Gasteiger partial charge in [-0.2, -0.15) is 0 Å². The summed E-state index contributed by atoms with van der Waals surface area (Å²) in [5.74, 6) is 0.491. The van der Waals surface area contributed by atoms with Crippen molar-refractivity contribution in [3.63, 3.8) is 0 Å². The first-order valence-electron chi connectivity index (χ1n) is 6.08. The van der Waals surface area contributed by atoms with Gasteiger partial charge >= 0.3 is 0 Å². The second-order valence-electron chi connectivity index (χ2n) is 4.45. The zero-order valence-corrected chi connectivity index (χ0v) is 10.7.